The van der Waals surface area contributed by atoms with Gasteiger partial charge in [0.25, 0.3) is 15.9 Å². The minimum absolute atomic E-state index is 0.0419. The lowest BCUT2D eigenvalue weighted by molar-refractivity contribution is 0.0996. The van der Waals surface area contributed by atoms with Crippen LogP contribution >= 0.6 is 11.3 Å². The number of nitrogens with two attached hydrogens (primary N) is 1. The van der Waals surface area contributed by atoms with Crippen molar-refractivity contribution in [3.05, 3.63) is 76.7 Å². The van der Waals surface area contributed by atoms with Gasteiger partial charge in [-0.2, -0.15) is 8.42 Å². The first kappa shape index (κ1) is 19.2. The molecule has 0 atom stereocenters. The second kappa shape index (κ2) is 7.34. The molecule has 1 aliphatic rings. The second-order valence-corrected chi connectivity index (χ2v) is 9.66. The molecule has 7 nitrogen and oxygen atoms in total. The minimum Gasteiger partial charge on any atom is -0.369 e. The Morgan fingerprint density at radius 3 is 2.48 bits per heavy atom. The molecule has 9 heteroatoms. The third kappa shape index (κ3) is 3.87. The van der Waals surface area contributed by atoms with Crippen LogP contribution in [0.1, 0.15) is 20.8 Å². The Hall–Kier alpha value is -3.17. The molecule has 0 fully saturated rings. The molecule has 1 aromatic heterocycles. The van der Waals surface area contributed by atoms with Crippen LogP contribution in [0.2, 0.25) is 0 Å². The molecule has 2 heterocycles. The molecule has 0 spiro atoms. The molecule has 0 saturated heterocycles. The summed E-state index contributed by atoms with van der Waals surface area (Å²) in [6.07, 6.45) is 0. The standard InChI is InChI=1S/C20H18N4O3S2/c1-13-6-11-18(28-13)29(26,27)23-20(21)22-15-7-9-16(10-8-15)24-12-14-4-2-3-5-17(14)19(24)25/h2-11H,12H2,1H3,(H3,21,22,23). The van der Waals surface area contributed by atoms with E-state index in [2.05, 4.69) is 9.71 Å². The van der Waals surface area contributed by atoms with Gasteiger partial charge in [-0.3, -0.25) is 4.79 Å². The van der Waals surface area contributed by atoms with E-state index in [4.69, 9.17) is 5.73 Å². The van der Waals surface area contributed by atoms with E-state index in [-0.39, 0.29) is 16.1 Å². The lowest BCUT2D eigenvalue weighted by atomic mass is 10.1. The van der Waals surface area contributed by atoms with Gasteiger partial charge in [-0.1, -0.05) is 18.2 Å². The molecular weight excluding hydrogens is 408 g/mol. The van der Waals surface area contributed by atoms with Crippen molar-refractivity contribution in [2.75, 3.05) is 10.2 Å². The van der Waals surface area contributed by atoms with Gasteiger partial charge < -0.3 is 16.0 Å². The molecule has 0 saturated carbocycles. The molecule has 0 unspecified atom stereocenters. The highest BCUT2D eigenvalue weighted by atomic mass is 32.2. The number of fused-ring (bicyclic) bond motifs is 1. The van der Waals surface area contributed by atoms with Gasteiger partial charge in [0.1, 0.15) is 4.21 Å². The van der Waals surface area contributed by atoms with Crippen LogP contribution in [-0.4, -0.2) is 20.3 Å². The number of sulfonamides is 1. The van der Waals surface area contributed by atoms with Crippen LogP contribution in [0.15, 0.2) is 69.3 Å². The van der Waals surface area contributed by atoms with E-state index >= 15 is 0 Å². The maximum Gasteiger partial charge on any atom is 0.295 e. The summed E-state index contributed by atoms with van der Waals surface area (Å²) >= 11 is 1.14. The highest BCUT2D eigenvalue weighted by Crippen LogP contribution is 2.29. The molecule has 1 amide bonds. The van der Waals surface area contributed by atoms with Crippen LogP contribution in [0.25, 0.3) is 0 Å². The Labute approximate surface area is 172 Å². The summed E-state index contributed by atoms with van der Waals surface area (Å²) in [5, 5.41) is 2.77. The summed E-state index contributed by atoms with van der Waals surface area (Å²) in [7, 11) is -3.85. The van der Waals surface area contributed by atoms with Gasteiger partial charge in [-0.25, -0.2) is 0 Å². The van der Waals surface area contributed by atoms with E-state index in [1.54, 1.807) is 35.2 Å². The first-order valence-corrected chi connectivity index (χ1v) is 11.0. The lowest BCUT2D eigenvalue weighted by Gasteiger charge is -2.16. The number of hydrogen-bond donors (Lipinski definition) is 2. The van der Waals surface area contributed by atoms with Crippen molar-refractivity contribution >= 4 is 44.6 Å². The zero-order chi connectivity index (χ0) is 20.6. The number of carbonyl (C=O) groups is 1. The number of nitrogens with one attached hydrogen (secondary N) is 1. The van der Waals surface area contributed by atoms with Crippen molar-refractivity contribution in [1.29, 1.82) is 0 Å². The predicted molar refractivity (Wildman–Crippen MR) is 115 cm³/mol. The molecule has 3 aromatic rings. The number of thiophene rings is 1. The average molecular weight is 427 g/mol. The molecule has 1 aliphatic heterocycles. The number of benzene rings is 2. The van der Waals surface area contributed by atoms with Gasteiger partial charge >= 0.3 is 0 Å². The Balaban J connectivity index is 1.48. The molecule has 0 aliphatic carbocycles. The third-order valence-electron chi connectivity index (χ3n) is 4.46. The number of hydrogen-bond acceptors (Lipinski definition) is 4. The fourth-order valence-corrected chi connectivity index (χ4v) is 5.23. The SMILES string of the molecule is Cc1ccc(S(=O)(=O)N=C(N)Nc2ccc(N3Cc4ccccc4C3=O)cc2)s1. The van der Waals surface area contributed by atoms with E-state index in [1.807, 2.05) is 31.2 Å². The number of rotatable bonds is 4. The fraction of sp³-hybridized carbons (Fsp3) is 0.100. The maximum absolute atomic E-state index is 12.6. The first-order valence-electron chi connectivity index (χ1n) is 8.77. The largest absolute Gasteiger partial charge is 0.369 e. The van der Waals surface area contributed by atoms with Crippen LogP contribution in [0.4, 0.5) is 11.4 Å². The summed E-state index contributed by atoms with van der Waals surface area (Å²) in [4.78, 5) is 15.1. The average Bonchev–Trinajstić information content (AvgIpc) is 3.27. The minimum atomic E-state index is -3.85. The van der Waals surface area contributed by atoms with Crippen molar-refractivity contribution in [1.82, 2.24) is 0 Å². The van der Waals surface area contributed by atoms with E-state index in [9.17, 15) is 13.2 Å². The normalized spacial score (nSPS) is 14.2. The highest BCUT2D eigenvalue weighted by molar-refractivity contribution is 7.92. The topological polar surface area (TPSA) is 105 Å². The second-order valence-electron chi connectivity index (χ2n) is 6.54. The first-order chi connectivity index (χ1) is 13.8. The number of guanidine groups is 1. The van der Waals surface area contributed by atoms with Crippen LogP contribution < -0.4 is 16.0 Å². The molecular formula is C20H18N4O3S2. The van der Waals surface area contributed by atoms with E-state index < -0.39 is 10.0 Å². The fourth-order valence-electron chi connectivity index (χ4n) is 3.08. The predicted octanol–water partition coefficient (Wildman–Crippen LogP) is 3.33. The van der Waals surface area contributed by atoms with Crippen molar-refractivity contribution in [3.8, 4) is 0 Å². The number of aryl methyl sites for hydroxylation is 1. The number of nitrogens with zero attached hydrogens (tertiary/aromatic N) is 2. The molecule has 0 radical (unpaired) electrons. The Morgan fingerprint density at radius 1 is 1.10 bits per heavy atom. The molecule has 0 bridgehead atoms. The highest BCUT2D eigenvalue weighted by Gasteiger charge is 2.27. The Morgan fingerprint density at radius 2 is 1.83 bits per heavy atom. The summed E-state index contributed by atoms with van der Waals surface area (Å²) in [5.41, 5.74) is 8.79. The lowest BCUT2D eigenvalue weighted by Crippen LogP contribution is -2.24. The number of anilines is 2. The number of carbonyl (C=O) groups excluding carboxylic acids is 1. The monoisotopic (exact) mass is 426 g/mol. The van der Waals surface area contributed by atoms with Gasteiger partial charge in [0.15, 0.2) is 0 Å². The maximum atomic E-state index is 12.6. The molecule has 29 heavy (non-hydrogen) atoms. The van der Waals surface area contributed by atoms with E-state index in [1.165, 1.54) is 6.07 Å². The van der Waals surface area contributed by atoms with E-state index in [0.29, 0.717) is 17.8 Å². The Kier molecular flexibility index (Phi) is 4.85. The van der Waals surface area contributed by atoms with E-state index in [0.717, 1.165) is 27.5 Å². The third-order valence-corrected chi connectivity index (χ3v) is 7.22. The van der Waals surface area contributed by atoms with Crippen LogP contribution in [0, 0.1) is 6.92 Å². The summed E-state index contributed by atoms with van der Waals surface area (Å²) < 4.78 is 28.3. The van der Waals surface area contributed by atoms with Crippen LogP contribution in [0.5, 0.6) is 0 Å². The molecule has 148 valence electrons. The summed E-state index contributed by atoms with van der Waals surface area (Å²) in [6.45, 7) is 2.34. The van der Waals surface area contributed by atoms with Crippen molar-refractivity contribution in [2.45, 2.75) is 17.7 Å². The van der Waals surface area contributed by atoms with Crippen molar-refractivity contribution < 1.29 is 13.2 Å². The van der Waals surface area contributed by atoms with Gasteiger partial charge in [-0.05, 0) is 55.0 Å². The smallest absolute Gasteiger partial charge is 0.295 e. The van der Waals surface area contributed by atoms with Gasteiger partial charge in [0.05, 0.1) is 6.54 Å². The van der Waals surface area contributed by atoms with Gasteiger partial charge in [0.2, 0.25) is 5.96 Å². The molecule has 2 aromatic carbocycles. The zero-order valence-electron chi connectivity index (χ0n) is 15.5. The van der Waals surface area contributed by atoms with Gasteiger partial charge in [0, 0.05) is 21.8 Å². The zero-order valence-corrected chi connectivity index (χ0v) is 17.1. The van der Waals surface area contributed by atoms with Crippen molar-refractivity contribution in [3.63, 3.8) is 0 Å². The van der Waals surface area contributed by atoms with Crippen molar-refractivity contribution in [2.24, 2.45) is 10.1 Å². The Bertz CT molecular complexity index is 1210. The summed E-state index contributed by atoms with van der Waals surface area (Å²) in [6, 6.07) is 17.7. The van der Waals surface area contributed by atoms with Gasteiger partial charge in [-0.15, -0.1) is 15.7 Å². The molecule has 3 N–H and O–H groups in total. The molecule has 4 rings (SSSR count). The quantitative estimate of drug-likeness (QED) is 0.492. The van der Waals surface area contributed by atoms with Crippen LogP contribution in [0.3, 0.4) is 0 Å². The van der Waals surface area contributed by atoms with Crippen LogP contribution in [-0.2, 0) is 16.6 Å². The number of amides is 1. The summed E-state index contributed by atoms with van der Waals surface area (Å²) in [5.74, 6) is -0.270.